The zero-order valence-corrected chi connectivity index (χ0v) is 14.2. The van der Waals surface area contributed by atoms with Crippen molar-refractivity contribution in [2.45, 2.75) is 31.2 Å². The molecule has 4 nitrogen and oxygen atoms in total. The number of sulfonamides is 1. The molecule has 2 aromatic rings. The molecule has 0 fully saturated rings. The molecule has 0 atom stereocenters. The van der Waals surface area contributed by atoms with Crippen molar-refractivity contribution in [2.75, 3.05) is 0 Å². The molecule has 6 heteroatoms. The summed E-state index contributed by atoms with van der Waals surface area (Å²) in [7, 11) is -3.61. The van der Waals surface area contributed by atoms with Gasteiger partial charge in [0.15, 0.2) is 0 Å². The highest BCUT2D eigenvalue weighted by Crippen LogP contribution is 2.29. The van der Waals surface area contributed by atoms with Crippen molar-refractivity contribution in [2.24, 2.45) is 0 Å². The van der Waals surface area contributed by atoms with E-state index in [1.54, 1.807) is 45.0 Å². The second kappa shape index (κ2) is 5.91. The molecule has 2 aromatic carbocycles. The molecule has 0 saturated heterocycles. The number of hydrogen-bond donors (Lipinski definition) is 2. The smallest absolute Gasteiger partial charge is 0.241 e. The first kappa shape index (κ1) is 16.8. The lowest BCUT2D eigenvalue weighted by Crippen LogP contribution is -2.40. The maximum Gasteiger partial charge on any atom is 0.241 e. The van der Waals surface area contributed by atoms with E-state index in [2.05, 4.69) is 4.72 Å². The quantitative estimate of drug-likeness (QED) is 0.894. The third-order valence-electron chi connectivity index (χ3n) is 2.80. The topological polar surface area (TPSA) is 66.4 Å². The molecule has 0 unspecified atom stereocenters. The highest BCUT2D eigenvalue weighted by molar-refractivity contribution is 7.89. The molecule has 22 heavy (non-hydrogen) atoms. The number of phenolic OH excluding ortho intramolecular Hbond substituents is 1. The Balaban J connectivity index is 2.47. The maximum atomic E-state index is 12.4. The number of phenols is 1. The zero-order chi connectivity index (χ0) is 16.5. The van der Waals surface area contributed by atoms with Gasteiger partial charge in [-0.1, -0.05) is 23.7 Å². The van der Waals surface area contributed by atoms with E-state index >= 15 is 0 Å². The Labute approximate surface area is 135 Å². The Kier molecular flexibility index (Phi) is 4.52. The van der Waals surface area contributed by atoms with Gasteiger partial charge in [-0.05, 0) is 62.2 Å². The summed E-state index contributed by atoms with van der Waals surface area (Å²) in [5.74, 6) is 0.0311. The van der Waals surface area contributed by atoms with E-state index in [0.717, 1.165) is 0 Å². The lowest BCUT2D eigenvalue weighted by molar-refractivity contribution is 0.475. The molecule has 0 aliphatic rings. The maximum absolute atomic E-state index is 12.4. The van der Waals surface area contributed by atoms with Crippen LogP contribution in [0.5, 0.6) is 5.75 Å². The molecule has 2 N–H and O–H groups in total. The number of benzene rings is 2. The number of aromatic hydroxyl groups is 1. The first-order valence-corrected chi connectivity index (χ1v) is 8.57. The summed E-state index contributed by atoms with van der Waals surface area (Å²) >= 11 is 5.93. The van der Waals surface area contributed by atoms with E-state index in [9.17, 15) is 13.5 Å². The van der Waals surface area contributed by atoms with Gasteiger partial charge in [0.1, 0.15) is 5.75 Å². The Morgan fingerprint density at radius 3 is 2.32 bits per heavy atom. The summed E-state index contributed by atoms with van der Waals surface area (Å²) in [6.45, 7) is 5.34. The molecular formula is C16H18ClNO3S. The Morgan fingerprint density at radius 2 is 1.73 bits per heavy atom. The third kappa shape index (κ3) is 4.22. The van der Waals surface area contributed by atoms with Crippen LogP contribution in [0.15, 0.2) is 47.4 Å². The average molecular weight is 340 g/mol. The monoisotopic (exact) mass is 339 g/mol. The summed E-state index contributed by atoms with van der Waals surface area (Å²) in [6, 6.07) is 11.1. The van der Waals surface area contributed by atoms with Crippen LogP contribution in [0, 0.1) is 0 Å². The van der Waals surface area contributed by atoms with Crippen molar-refractivity contribution in [1.29, 1.82) is 0 Å². The van der Waals surface area contributed by atoms with Crippen molar-refractivity contribution >= 4 is 21.6 Å². The van der Waals surface area contributed by atoms with Gasteiger partial charge in [-0.3, -0.25) is 0 Å². The summed E-state index contributed by atoms with van der Waals surface area (Å²) in [5.41, 5.74) is 0.746. The van der Waals surface area contributed by atoms with Crippen molar-refractivity contribution < 1.29 is 13.5 Å². The minimum absolute atomic E-state index is 0.0311. The van der Waals surface area contributed by atoms with Crippen molar-refractivity contribution in [1.82, 2.24) is 4.72 Å². The summed E-state index contributed by atoms with van der Waals surface area (Å²) in [6.07, 6.45) is 0. The van der Waals surface area contributed by atoms with Gasteiger partial charge in [0.05, 0.1) is 4.90 Å². The first-order valence-electron chi connectivity index (χ1n) is 6.71. The summed E-state index contributed by atoms with van der Waals surface area (Å²) in [5, 5.41) is 10.0. The SMILES string of the molecule is CC(C)(C)NS(=O)(=O)c1cccc(-c2cc(O)cc(Cl)c2)c1. The van der Waals surface area contributed by atoms with Crippen molar-refractivity contribution in [3.8, 4) is 16.9 Å². The summed E-state index contributed by atoms with van der Waals surface area (Å²) in [4.78, 5) is 0.166. The predicted molar refractivity (Wildman–Crippen MR) is 88.6 cm³/mol. The van der Waals surface area contributed by atoms with Gasteiger partial charge in [-0.15, -0.1) is 0 Å². The second-order valence-electron chi connectivity index (χ2n) is 6.08. The number of rotatable bonds is 3. The van der Waals surface area contributed by atoms with Crippen LogP contribution in [0.1, 0.15) is 20.8 Å². The lowest BCUT2D eigenvalue weighted by atomic mass is 10.1. The van der Waals surface area contributed by atoms with E-state index in [4.69, 9.17) is 11.6 Å². The average Bonchev–Trinajstić information content (AvgIpc) is 2.35. The highest BCUT2D eigenvalue weighted by atomic mass is 35.5. The Bertz CT molecular complexity index is 775. The zero-order valence-electron chi connectivity index (χ0n) is 12.6. The van der Waals surface area contributed by atoms with E-state index < -0.39 is 15.6 Å². The van der Waals surface area contributed by atoms with Crippen LogP contribution >= 0.6 is 11.6 Å². The van der Waals surface area contributed by atoms with Gasteiger partial charge in [-0.2, -0.15) is 0 Å². The minimum Gasteiger partial charge on any atom is -0.508 e. The van der Waals surface area contributed by atoms with Gasteiger partial charge < -0.3 is 5.11 Å². The minimum atomic E-state index is -3.61. The van der Waals surface area contributed by atoms with Gasteiger partial charge in [0.25, 0.3) is 0 Å². The molecular weight excluding hydrogens is 322 g/mol. The Hall–Kier alpha value is -1.56. The molecule has 0 aromatic heterocycles. The molecule has 0 bridgehead atoms. The van der Waals surface area contributed by atoms with Gasteiger partial charge >= 0.3 is 0 Å². The van der Waals surface area contributed by atoms with Gasteiger partial charge in [0, 0.05) is 10.6 Å². The number of hydrogen-bond acceptors (Lipinski definition) is 3. The molecule has 0 spiro atoms. The first-order chi connectivity index (χ1) is 10.1. The van der Waals surface area contributed by atoms with Crippen LogP contribution < -0.4 is 4.72 Å². The van der Waals surface area contributed by atoms with Crippen LogP contribution in [0.2, 0.25) is 5.02 Å². The Morgan fingerprint density at radius 1 is 1.05 bits per heavy atom. The fourth-order valence-corrected chi connectivity index (χ4v) is 3.74. The molecule has 0 aliphatic heterocycles. The third-order valence-corrected chi connectivity index (χ3v) is 4.77. The molecule has 0 amide bonds. The van der Waals surface area contributed by atoms with E-state index in [-0.39, 0.29) is 10.6 Å². The highest BCUT2D eigenvalue weighted by Gasteiger charge is 2.22. The van der Waals surface area contributed by atoms with Crippen LogP contribution in [0.3, 0.4) is 0 Å². The molecule has 0 saturated carbocycles. The predicted octanol–water partition coefficient (Wildman–Crippen LogP) is 3.79. The molecule has 0 aliphatic carbocycles. The van der Waals surface area contributed by atoms with Crippen molar-refractivity contribution in [3.63, 3.8) is 0 Å². The fourth-order valence-electron chi connectivity index (χ4n) is 2.05. The molecule has 0 radical (unpaired) electrons. The van der Waals surface area contributed by atoms with E-state index in [1.807, 2.05) is 0 Å². The normalized spacial score (nSPS) is 12.4. The molecule has 2 rings (SSSR count). The van der Waals surface area contributed by atoms with Gasteiger partial charge in [-0.25, -0.2) is 13.1 Å². The van der Waals surface area contributed by atoms with Crippen LogP contribution in [-0.2, 0) is 10.0 Å². The van der Waals surface area contributed by atoms with Gasteiger partial charge in [0.2, 0.25) is 10.0 Å². The number of halogens is 1. The van der Waals surface area contributed by atoms with E-state index in [0.29, 0.717) is 16.1 Å². The lowest BCUT2D eigenvalue weighted by Gasteiger charge is -2.20. The summed E-state index contributed by atoms with van der Waals surface area (Å²) < 4.78 is 27.4. The van der Waals surface area contributed by atoms with Crippen LogP contribution in [0.4, 0.5) is 0 Å². The standard InChI is InChI=1S/C16H18ClNO3S/c1-16(2,3)18-22(20,21)15-6-4-5-11(9-15)12-7-13(17)10-14(19)8-12/h4-10,18-19H,1-3H3. The number of nitrogens with one attached hydrogen (secondary N) is 1. The fraction of sp³-hybridized carbons (Fsp3) is 0.250. The second-order valence-corrected chi connectivity index (χ2v) is 8.20. The largest absolute Gasteiger partial charge is 0.508 e. The molecule has 0 heterocycles. The van der Waals surface area contributed by atoms with Crippen LogP contribution in [0.25, 0.3) is 11.1 Å². The molecule has 118 valence electrons. The van der Waals surface area contributed by atoms with Crippen molar-refractivity contribution in [3.05, 3.63) is 47.5 Å². The van der Waals surface area contributed by atoms with Crippen LogP contribution in [-0.4, -0.2) is 19.1 Å². The van der Waals surface area contributed by atoms with E-state index in [1.165, 1.54) is 18.2 Å².